The van der Waals surface area contributed by atoms with Crippen LogP contribution < -0.4 is 5.32 Å². The highest BCUT2D eigenvalue weighted by atomic mass is 19.1. The highest BCUT2D eigenvalue weighted by Gasteiger charge is 2.24. The van der Waals surface area contributed by atoms with Gasteiger partial charge in [-0.15, -0.1) is 0 Å². The van der Waals surface area contributed by atoms with Crippen molar-refractivity contribution in [1.82, 2.24) is 20.0 Å². The molecule has 0 bridgehead atoms. The summed E-state index contributed by atoms with van der Waals surface area (Å²) in [6.45, 7) is 19.0. The van der Waals surface area contributed by atoms with Crippen molar-refractivity contribution in [2.24, 2.45) is 0 Å². The van der Waals surface area contributed by atoms with Crippen LogP contribution in [0.3, 0.4) is 0 Å². The average Bonchev–Trinajstić information content (AvgIpc) is 3.38. The Morgan fingerprint density at radius 3 is 0.880 bits per heavy atom. The van der Waals surface area contributed by atoms with Gasteiger partial charge in [-0.3, -0.25) is 14.4 Å². The minimum Gasteiger partial charge on any atom is -0.444 e. The van der Waals surface area contributed by atoms with E-state index in [2.05, 4.69) is 42.8 Å². The van der Waals surface area contributed by atoms with Crippen molar-refractivity contribution in [2.45, 2.75) is 349 Å². The van der Waals surface area contributed by atoms with E-state index in [1.54, 1.807) is 25.7 Å². The molecule has 4 amide bonds. The van der Waals surface area contributed by atoms with Crippen LogP contribution >= 0.6 is 0 Å². The lowest BCUT2D eigenvalue weighted by atomic mass is 10.1. The Hall–Kier alpha value is -2.39. The van der Waals surface area contributed by atoms with E-state index >= 15 is 4.39 Å². The van der Waals surface area contributed by atoms with Gasteiger partial charge in [0.1, 0.15) is 5.60 Å². The number of nitrogens with one attached hydrogen (secondary N) is 1. The topological polar surface area (TPSA) is 99.3 Å². The molecule has 10 heteroatoms. The first kappa shape index (κ1) is 72.6. The molecule has 0 aliphatic heterocycles. The average molecular weight is 1060 g/mol. The van der Waals surface area contributed by atoms with Crippen molar-refractivity contribution < 1.29 is 28.3 Å². The maximum atomic E-state index is 15.5. The molecule has 1 unspecified atom stereocenters. The van der Waals surface area contributed by atoms with Crippen molar-refractivity contribution in [3.63, 3.8) is 0 Å². The van der Waals surface area contributed by atoms with Crippen LogP contribution in [0.1, 0.15) is 337 Å². The molecule has 1 atom stereocenters. The Kier molecular flexibility index (Phi) is 51.9. The minimum atomic E-state index is -1.70. The zero-order valence-electron chi connectivity index (χ0n) is 51.1. The zero-order valence-corrected chi connectivity index (χ0v) is 51.1. The van der Waals surface area contributed by atoms with Gasteiger partial charge >= 0.3 is 6.09 Å². The number of carbonyl (C=O) groups excluding carboxylic acids is 4. The Morgan fingerprint density at radius 2 is 0.613 bits per heavy atom. The number of unbranched alkanes of at least 4 members (excludes halogenated alkanes) is 36. The van der Waals surface area contributed by atoms with Gasteiger partial charge in [-0.25, -0.2) is 9.18 Å². The van der Waals surface area contributed by atoms with Gasteiger partial charge in [0.15, 0.2) is 6.17 Å². The van der Waals surface area contributed by atoms with Gasteiger partial charge in [-0.05, 0) is 72.1 Å². The molecule has 0 spiro atoms. The summed E-state index contributed by atoms with van der Waals surface area (Å²) in [5, 5.41) is 2.60. The SMILES string of the molecule is CCCCCCCCCCN(CCCCCCCCCC)C(=O)CCCCCCCN(CCCCCCCC(=O)N(CCCCCCCCCC)CCCCCCCCCC)C(=O)C(F)CCNC(=O)OC(C)(C)C. The van der Waals surface area contributed by atoms with Gasteiger partial charge in [0.05, 0.1) is 0 Å². The molecule has 0 aliphatic rings. The predicted molar refractivity (Wildman–Crippen MR) is 319 cm³/mol. The van der Waals surface area contributed by atoms with Crippen LogP contribution in [-0.4, -0.2) is 96.1 Å². The van der Waals surface area contributed by atoms with Gasteiger partial charge < -0.3 is 24.8 Å². The Bertz CT molecular complexity index is 1180. The number of rotatable bonds is 56. The van der Waals surface area contributed by atoms with Crippen molar-refractivity contribution in [3.05, 3.63) is 0 Å². The first-order valence-electron chi connectivity index (χ1n) is 32.8. The second-order valence-corrected chi connectivity index (χ2v) is 23.7. The summed E-state index contributed by atoms with van der Waals surface area (Å²) >= 11 is 0. The highest BCUT2D eigenvalue weighted by molar-refractivity contribution is 5.81. The lowest BCUT2D eigenvalue weighted by Gasteiger charge is -2.25. The third kappa shape index (κ3) is 48.5. The Balaban J connectivity index is 5.13. The molecular weight excluding hydrogens is 936 g/mol. The quantitative estimate of drug-likeness (QED) is 0.0612. The molecule has 0 fully saturated rings. The summed E-state index contributed by atoms with van der Waals surface area (Å²) in [4.78, 5) is 58.8. The summed E-state index contributed by atoms with van der Waals surface area (Å²) < 4.78 is 20.8. The largest absolute Gasteiger partial charge is 0.444 e. The number of hydrogen-bond donors (Lipinski definition) is 1. The molecule has 75 heavy (non-hydrogen) atoms. The van der Waals surface area contributed by atoms with Crippen LogP contribution in [0.4, 0.5) is 9.18 Å². The van der Waals surface area contributed by atoms with Gasteiger partial charge in [-0.1, -0.05) is 246 Å². The summed E-state index contributed by atoms with van der Waals surface area (Å²) in [6, 6.07) is 0. The van der Waals surface area contributed by atoms with Gasteiger partial charge in [-0.2, -0.15) is 0 Å². The molecule has 1 N–H and O–H groups in total. The van der Waals surface area contributed by atoms with Gasteiger partial charge in [0.2, 0.25) is 11.8 Å². The molecule has 0 heterocycles. The first-order valence-corrected chi connectivity index (χ1v) is 32.8. The van der Waals surface area contributed by atoms with Gasteiger partial charge in [0, 0.05) is 65.1 Å². The number of ether oxygens (including phenoxy) is 1. The second kappa shape index (κ2) is 53.6. The number of halogens is 1. The van der Waals surface area contributed by atoms with Crippen molar-refractivity contribution in [2.75, 3.05) is 45.8 Å². The third-order valence-electron chi connectivity index (χ3n) is 15.1. The molecule has 0 aromatic carbocycles. The van der Waals surface area contributed by atoms with E-state index in [1.165, 1.54) is 180 Å². The first-order chi connectivity index (χ1) is 36.4. The molecule has 0 aromatic heterocycles. The standard InChI is InChI=1S/C65H127FN4O5/c1-8-12-16-20-24-28-36-44-54-68(55-45-37-29-25-21-17-13-9-2)61(71)50-42-34-32-40-48-58-70(63(73)60(66)52-53-67-64(74)75-65(5,6)7)59-49-41-33-35-43-51-62(72)69(56-46-38-30-26-22-18-14-10-3)57-47-39-31-27-23-19-15-11-4/h60H,8-59H2,1-7H3,(H,67,74). The maximum Gasteiger partial charge on any atom is 0.407 e. The van der Waals surface area contributed by atoms with E-state index < -0.39 is 23.8 Å². The van der Waals surface area contributed by atoms with Crippen molar-refractivity contribution in [1.29, 1.82) is 0 Å². The molecule has 9 nitrogen and oxygen atoms in total. The molecule has 0 rings (SSSR count). The zero-order chi connectivity index (χ0) is 55.3. The van der Waals surface area contributed by atoms with Crippen LogP contribution in [0.15, 0.2) is 0 Å². The molecule has 0 saturated carbocycles. The smallest absolute Gasteiger partial charge is 0.407 e. The van der Waals surface area contributed by atoms with Crippen LogP contribution in [0.2, 0.25) is 0 Å². The van der Waals surface area contributed by atoms with E-state index in [1.807, 2.05) is 0 Å². The van der Waals surface area contributed by atoms with Crippen molar-refractivity contribution in [3.8, 4) is 0 Å². The Morgan fingerprint density at radius 1 is 0.373 bits per heavy atom. The normalized spacial score (nSPS) is 12.0. The highest BCUT2D eigenvalue weighted by Crippen LogP contribution is 2.18. The van der Waals surface area contributed by atoms with E-state index in [-0.39, 0.29) is 13.0 Å². The molecule has 0 saturated heterocycles. The number of alkyl carbamates (subject to hydrolysis) is 1. The van der Waals surface area contributed by atoms with E-state index in [4.69, 9.17) is 4.74 Å². The van der Waals surface area contributed by atoms with Crippen LogP contribution in [0.5, 0.6) is 0 Å². The van der Waals surface area contributed by atoms with Crippen LogP contribution in [-0.2, 0) is 19.1 Å². The van der Waals surface area contributed by atoms with Crippen molar-refractivity contribution >= 4 is 23.8 Å². The molecular formula is C65H127FN4O5. The lowest BCUT2D eigenvalue weighted by Crippen LogP contribution is -2.40. The molecule has 444 valence electrons. The fourth-order valence-electron chi connectivity index (χ4n) is 10.3. The lowest BCUT2D eigenvalue weighted by molar-refractivity contribution is -0.137. The number of hydrogen-bond acceptors (Lipinski definition) is 5. The van der Waals surface area contributed by atoms with E-state index in [0.717, 1.165) is 116 Å². The predicted octanol–water partition coefficient (Wildman–Crippen LogP) is 19.0. The van der Waals surface area contributed by atoms with Crippen LogP contribution in [0, 0.1) is 0 Å². The Labute approximate surface area is 465 Å². The summed E-state index contributed by atoms with van der Waals surface area (Å²) in [5.74, 6) is 0.118. The third-order valence-corrected chi connectivity index (χ3v) is 15.1. The number of alkyl halides is 1. The number of nitrogens with zero attached hydrogens (tertiary/aromatic N) is 3. The summed E-state index contributed by atoms with van der Waals surface area (Å²) in [6.07, 6.45) is 48.6. The molecule has 0 aliphatic carbocycles. The summed E-state index contributed by atoms with van der Waals surface area (Å²) in [7, 11) is 0. The fourth-order valence-corrected chi connectivity index (χ4v) is 10.3. The maximum absolute atomic E-state index is 15.5. The number of amides is 4. The van der Waals surface area contributed by atoms with Gasteiger partial charge in [0.25, 0.3) is 5.91 Å². The summed E-state index contributed by atoms with van der Waals surface area (Å²) in [5.41, 5.74) is -0.656. The van der Waals surface area contributed by atoms with Crippen LogP contribution in [0.25, 0.3) is 0 Å². The molecule has 0 aromatic rings. The second-order valence-electron chi connectivity index (χ2n) is 23.7. The monoisotopic (exact) mass is 1060 g/mol. The fraction of sp³-hybridized carbons (Fsp3) is 0.938. The molecule has 0 radical (unpaired) electrons. The van der Waals surface area contributed by atoms with E-state index in [9.17, 15) is 19.2 Å². The minimum absolute atomic E-state index is 0.0262. The number of carbonyl (C=O) groups is 4. The van der Waals surface area contributed by atoms with E-state index in [0.29, 0.717) is 37.7 Å².